The summed E-state index contributed by atoms with van der Waals surface area (Å²) >= 11 is 0. The maximum atomic E-state index is 8.28. The lowest BCUT2D eigenvalue weighted by Crippen LogP contribution is -2.27. The summed E-state index contributed by atoms with van der Waals surface area (Å²) in [5, 5.41) is 11.5. The Balaban J connectivity index is 1.97. The van der Waals surface area contributed by atoms with Gasteiger partial charge in [0.15, 0.2) is 0 Å². The molecule has 1 N–H and O–H groups in total. The van der Waals surface area contributed by atoms with Gasteiger partial charge in [0.05, 0.1) is 18.3 Å². The number of nitriles is 1. The molecule has 0 amide bonds. The quantitative estimate of drug-likeness (QED) is 0.638. The van der Waals surface area contributed by atoms with E-state index in [0.717, 1.165) is 19.5 Å². The van der Waals surface area contributed by atoms with Crippen molar-refractivity contribution in [1.82, 2.24) is 5.32 Å². The van der Waals surface area contributed by atoms with Gasteiger partial charge < -0.3 is 10.1 Å². The minimum Gasteiger partial charge on any atom is -0.374 e. The highest BCUT2D eigenvalue weighted by molar-refractivity contribution is 4.74. The minimum atomic E-state index is 0.374. The lowest BCUT2D eigenvalue weighted by Gasteiger charge is -2.10. The Hall–Kier alpha value is -0.590. The van der Waals surface area contributed by atoms with E-state index in [4.69, 9.17) is 10.00 Å². The molecular formula is C9H16N2O. The highest BCUT2D eigenvalue weighted by Gasteiger charge is 2.20. The van der Waals surface area contributed by atoms with E-state index in [1.54, 1.807) is 0 Å². The van der Waals surface area contributed by atoms with Crippen molar-refractivity contribution in [2.24, 2.45) is 0 Å². The SMILES string of the molecule is CC1CCC(CNCCC#N)O1. The summed E-state index contributed by atoms with van der Waals surface area (Å²) in [4.78, 5) is 0. The monoisotopic (exact) mass is 168 g/mol. The molecule has 1 saturated heterocycles. The number of nitrogens with one attached hydrogen (secondary N) is 1. The van der Waals surface area contributed by atoms with Crippen molar-refractivity contribution < 1.29 is 4.74 Å². The molecular weight excluding hydrogens is 152 g/mol. The Morgan fingerprint density at radius 3 is 3.00 bits per heavy atom. The second kappa shape index (κ2) is 5.13. The summed E-state index contributed by atoms with van der Waals surface area (Å²) in [7, 11) is 0. The molecule has 2 atom stereocenters. The van der Waals surface area contributed by atoms with Crippen LogP contribution >= 0.6 is 0 Å². The smallest absolute Gasteiger partial charge is 0.0704 e. The van der Waals surface area contributed by atoms with Crippen molar-refractivity contribution in [2.75, 3.05) is 13.1 Å². The molecule has 0 aliphatic carbocycles. The first-order chi connectivity index (χ1) is 5.83. The van der Waals surface area contributed by atoms with E-state index in [2.05, 4.69) is 18.3 Å². The average Bonchev–Trinajstić information content (AvgIpc) is 2.45. The Kier molecular flexibility index (Phi) is 4.06. The summed E-state index contributed by atoms with van der Waals surface area (Å²) < 4.78 is 5.60. The third-order valence-corrected chi connectivity index (χ3v) is 2.11. The number of nitrogens with zero attached hydrogens (tertiary/aromatic N) is 1. The summed E-state index contributed by atoms with van der Waals surface area (Å²) in [5.74, 6) is 0. The fourth-order valence-electron chi connectivity index (χ4n) is 1.44. The molecule has 1 aliphatic rings. The number of rotatable bonds is 4. The average molecular weight is 168 g/mol. The van der Waals surface area contributed by atoms with Crippen LogP contribution in [-0.2, 0) is 4.74 Å². The van der Waals surface area contributed by atoms with Crippen LogP contribution in [0.15, 0.2) is 0 Å². The minimum absolute atomic E-state index is 0.374. The van der Waals surface area contributed by atoms with Gasteiger partial charge in [-0.25, -0.2) is 0 Å². The zero-order valence-corrected chi connectivity index (χ0v) is 7.55. The summed E-state index contributed by atoms with van der Waals surface area (Å²) in [6.45, 7) is 3.78. The van der Waals surface area contributed by atoms with Crippen LogP contribution in [0.2, 0.25) is 0 Å². The molecule has 3 heteroatoms. The third kappa shape index (κ3) is 3.21. The molecule has 12 heavy (non-hydrogen) atoms. The van der Waals surface area contributed by atoms with Crippen molar-refractivity contribution in [3.8, 4) is 6.07 Å². The number of ether oxygens (including phenoxy) is 1. The topological polar surface area (TPSA) is 45.0 Å². The molecule has 0 aromatic carbocycles. The lowest BCUT2D eigenvalue weighted by molar-refractivity contribution is 0.0563. The Morgan fingerprint density at radius 2 is 2.42 bits per heavy atom. The lowest BCUT2D eigenvalue weighted by atomic mass is 10.2. The van der Waals surface area contributed by atoms with Gasteiger partial charge in [-0.1, -0.05) is 0 Å². The molecule has 0 saturated carbocycles. The van der Waals surface area contributed by atoms with Crippen molar-refractivity contribution in [3.63, 3.8) is 0 Å². The number of hydrogen-bond donors (Lipinski definition) is 1. The predicted molar refractivity (Wildman–Crippen MR) is 46.7 cm³/mol. The van der Waals surface area contributed by atoms with Crippen LogP contribution in [0.4, 0.5) is 0 Å². The first-order valence-electron chi connectivity index (χ1n) is 4.56. The van der Waals surface area contributed by atoms with Crippen LogP contribution in [0, 0.1) is 11.3 Å². The van der Waals surface area contributed by atoms with Gasteiger partial charge >= 0.3 is 0 Å². The molecule has 68 valence electrons. The van der Waals surface area contributed by atoms with E-state index in [1.807, 2.05) is 0 Å². The fraction of sp³-hybridized carbons (Fsp3) is 0.889. The molecule has 0 spiro atoms. The van der Waals surface area contributed by atoms with Gasteiger partial charge in [0.1, 0.15) is 0 Å². The van der Waals surface area contributed by atoms with Gasteiger partial charge in [-0.2, -0.15) is 5.26 Å². The van der Waals surface area contributed by atoms with Crippen LogP contribution in [0.5, 0.6) is 0 Å². The first kappa shape index (κ1) is 9.50. The highest BCUT2D eigenvalue weighted by atomic mass is 16.5. The predicted octanol–water partition coefficient (Wildman–Crippen LogP) is 1.06. The van der Waals surface area contributed by atoms with E-state index in [9.17, 15) is 0 Å². The molecule has 1 fully saturated rings. The van der Waals surface area contributed by atoms with Gasteiger partial charge in [-0.3, -0.25) is 0 Å². The normalized spacial score (nSPS) is 28.7. The Bertz CT molecular complexity index is 164. The molecule has 0 aromatic rings. The van der Waals surface area contributed by atoms with E-state index in [0.29, 0.717) is 18.6 Å². The molecule has 1 heterocycles. The van der Waals surface area contributed by atoms with Crippen molar-refractivity contribution in [3.05, 3.63) is 0 Å². The van der Waals surface area contributed by atoms with Crippen LogP contribution in [0.25, 0.3) is 0 Å². The van der Waals surface area contributed by atoms with Gasteiger partial charge in [0.25, 0.3) is 0 Å². The van der Waals surface area contributed by atoms with E-state index in [1.165, 1.54) is 6.42 Å². The van der Waals surface area contributed by atoms with Crippen molar-refractivity contribution >= 4 is 0 Å². The maximum Gasteiger partial charge on any atom is 0.0704 e. The van der Waals surface area contributed by atoms with Gasteiger partial charge in [0.2, 0.25) is 0 Å². The zero-order valence-electron chi connectivity index (χ0n) is 7.55. The van der Waals surface area contributed by atoms with Gasteiger partial charge in [-0.15, -0.1) is 0 Å². The van der Waals surface area contributed by atoms with E-state index < -0.39 is 0 Å². The van der Waals surface area contributed by atoms with Crippen LogP contribution in [0.1, 0.15) is 26.2 Å². The summed E-state index contributed by atoms with van der Waals surface area (Å²) in [5.41, 5.74) is 0. The van der Waals surface area contributed by atoms with Crippen LogP contribution < -0.4 is 5.32 Å². The molecule has 0 aromatic heterocycles. The molecule has 0 bridgehead atoms. The summed E-state index contributed by atoms with van der Waals surface area (Å²) in [6.07, 6.45) is 3.71. The molecule has 1 rings (SSSR count). The molecule has 2 unspecified atom stereocenters. The molecule has 0 radical (unpaired) electrons. The van der Waals surface area contributed by atoms with Crippen molar-refractivity contribution in [1.29, 1.82) is 5.26 Å². The Labute approximate surface area is 73.7 Å². The van der Waals surface area contributed by atoms with Crippen molar-refractivity contribution in [2.45, 2.75) is 38.4 Å². The molecule has 1 aliphatic heterocycles. The zero-order chi connectivity index (χ0) is 8.81. The second-order valence-electron chi connectivity index (χ2n) is 3.26. The number of hydrogen-bond acceptors (Lipinski definition) is 3. The third-order valence-electron chi connectivity index (χ3n) is 2.11. The summed E-state index contributed by atoms with van der Waals surface area (Å²) in [6, 6.07) is 2.10. The van der Waals surface area contributed by atoms with Gasteiger partial charge in [0, 0.05) is 19.5 Å². The first-order valence-corrected chi connectivity index (χ1v) is 4.56. The molecule has 3 nitrogen and oxygen atoms in total. The second-order valence-corrected chi connectivity index (χ2v) is 3.26. The fourth-order valence-corrected chi connectivity index (χ4v) is 1.44. The van der Waals surface area contributed by atoms with E-state index >= 15 is 0 Å². The Morgan fingerprint density at radius 1 is 1.58 bits per heavy atom. The van der Waals surface area contributed by atoms with Crippen LogP contribution in [0.3, 0.4) is 0 Å². The van der Waals surface area contributed by atoms with Gasteiger partial charge in [-0.05, 0) is 19.8 Å². The maximum absolute atomic E-state index is 8.28. The standard InChI is InChI=1S/C9H16N2O/c1-8-3-4-9(12-8)7-11-6-2-5-10/h8-9,11H,2-4,6-7H2,1H3. The largest absolute Gasteiger partial charge is 0.374 e. The van der Waals surface area contributed by atoms with E-state index in [-0.39, 0.29) is 0 Å². The van der Waals surface area contributed by atoms with Crippen LogP contribution in [-0.4, -0.2) is 25.3 Å². The highest BCUT2D eigenvalue weighted by Crippen LogP contribution is 2.17.